The van der Waals surface area contributed by atoms with Gasteiger partial charge in [0.2, 0.25) is 0 Å². The summed E-state index contributed by atoms with van der Waals surface area (Å²) in [7, 11) is 0. The average Bonchev–Trinajstić information content (AvgIpc) is 2.15. The van der Waals surface area contributed by atoms with Gasteiger partial charge in [0, 0.05) is 10.1 Å². The molecule has 1 aromatic carbocycles. The predicted octanol–water partition coefficient (Wildman–Crippen LogP) is 2.64. The summed E-state index contributed by atoms with van der Waals surface area (Å²) in [5.41, 5.74) is 4.92. The van der Waals surface area contributed by atoms with Crippen LogP contribution in [-0.2, 0) is 12.7 Å². The molecule has 0 atom stereocenters. The van der Waals surface area contributed by atoms with Crippen molar-refractivity contribution in [1.29, 1.82) is 5.26 Å². The number of rotatable bonds is 1. The minimum atomic E-state index is -4.41. The quantitative estimate of drug-likeness (QED) is 0.807. The van der Waals surface area contributed by atoms with Crippen LogP contribution in [0.4, 0.5) is 13.2 Å². The van der Waals surface area contributed by atoms with E-state index in [2.05, 4.69) is 0 Å². The molecule has 2 nitrogen and oxygen atoms in total. The Morgan fingerprint density at radius 2 is 2.00 bits per heavy atom. The number of halogens is 4. The van der Waals surface area contributed by atoms with Gasteiger partial charge in [0.05, 0.1) is 17.2 Å². The van der Waals surface area contributed by atoms with Gasteiger partial charge in [-0.25, -0.2) is 0 Å². The van der Waals surface area contributed by atoms with Crippen LogP contribution in [0, 0.1) is 14.9 Å². The van der Waals surface area contributed by atoms with Gasteiger partial charge in [-0.3, -0.25) is 0 Å². The van der Waals surface area contributed by atoms with Gasteiger partial charge in [-0.2, -0.15) is 18.4 Å². The maximum Gasteiger partial charge on any atom is 0.417 e. The van der Waals surface area contributed by atoms with E-state index in [-0.39, 0.29) is 21.2 Å². The van der Waals surface area contributed by atoms with E-state index in [9.17, 15) is 13.2 Å². The monoisotopic (exact) mass is 326 g/mol. The van der Waals surface area contributed by atoms with Crippen molar-refractivity contribution >= 4 is 22.6 Å². The molecule has 2 N–H and O–H groups in total. The van der Waals surface area contributed by atoms with E-state index in [1.54, 1.807) is 22.6 Å². The molecule has 6 heteroatoms. The van der Waals surface area contributed by atoms with Crippen molar-refractivity contribution in [2.45, 2.75) is 12.7 Å². The normalized spacial score (nSPS) is 11.2. The summed E-state index contributed by atoms with van der Waals surface area (Å²) in [5.74, 6) is 0. The largest absolute Gasteiger partial charge is 0.417 e. The molecule has 1 rings (SSSR count). The van der Waals surface area contributed by atoms with Crippen molar-refractivity contribution < 1.29 is 13.2 Å². The third-order valence-electron chi connectivity index (χ3n) is 1.84. The Kier molecular flexibility index (Phi) is 3.57. The molecule has 0 bridgehead atoms. The fraction of sp³-hybridized carbons (Fsp3) is 0.222. The number of alkyl halides is 3. The van der Waals surface area contributed by atoms with Crippen molar-refractivity contribution in [3.63, 3.8) is 0 Å². The minimum absolute atomic E-state index is 0.00819. The summed E-state index contributed by atoms with van der Waals surface area (Å²) in [6, 6.07) is 3.94. The topological polar surface area (TPSA) is 49.8 Å². The van der Waals surface area contributed by atoms with Crippen LogP contribution in [0.5, 0.6) is 0 Å². The first kappa shape index (κ1) is 12.3. The first-order valence-electron chi connectivity index (χ1n) is 3.90. The molecule has 0 aliphatic carbocycles. The fourth-order valence-corrected chi connectivity index (χ4v) is 1.88. The van der Waals surface area contributed by atoms with E-state index in [1.165, 1.54) is 6.07 Å². The lowest BCUT2D eigenvalue weighted by Crippen LogP contribution is -2.11. The van der Waals surface area contributed by atoms with Gasteiger partial charge in [-0.15, -0.1) is 0 Å². The maximum absolute atomic E-state index is 12.5. The molecule has 0 radical (unpaired) electrons. The lowest BCUT2D eigenvalue weighted by molar-refractivity contribution is -0.138. The summed E-state index contributed by atoms with van der Waals surface area (Å²) in [4.78, 5) is 0. The molecule has 80 valence electrons. The Balaban J connectivity index is 3.41. The average molecular weight is 326 g/mol. The van der Waals surface area contributed by atoms with Gasteiger partial charge in [0.1, 0.15) is 0 Å². The van der Waals surface area contributed by atoms with Crippen molar-refractivity contribution in [3.05, 3.63) is 32.4 Å². The van der Waals surface area contributed by atoms with Gasteiger partial charge in [-0.05, 0) is 40.3 Å². The van der Waals surface area contributed by atoms with Gasteiger partial charge >= 0.3 is 6.18 Å². The molecule has 0 aliphatic heterocycles. The van der Waals surface area contributed by atoms with E-state index in [0.717, 1.165) is 6.07 Å². The lowest BCUT2D eigenvalue weighted by atomic mass is 10.0. The summed E-state index contributed by atoms with van der Waals surface area (Å²) in [5, 5.41) is 8.68. The second kappa shape index (κ2) is 4.37. The SMILES string of the molecule is N#Cc1cc(I)c(C(F)(F)F)cc1CN. The molecule has 1 aromatic rings. The van der Waals surface area contributed by atoms with E-state index in [1.807, 2.05) is 6.07 Å². The first-order valence-corrected chi connectivity index (χ1v) is 4.97. The number of nitrogens with two attached hydrogens (primary N) is 1. The van der Waals surface area contributed by atoms with Crippen LogP contribution in [0.25, 0.3) is 0 Å². The Bertz CT molecular complexity index is 421. The fourth-order valence-electron chi connectivity index (χ4n) is 1.11. The molecule has 0 amide bonds. The van der Waals surface area contributed by atoms with Crippen molar-refractivity contribution in [2.75, 3.05) is 0 Å². The molecule has 0 unspecified atom stereocenters. The van der Waals surface area contributed by atoms with Crippen molar-refractivity contribution in [3.8, 4) is 6.07 Å². The highest BCUT2D eigenvalue weighted by atomic mass is 127. The first-order chi connectivity index (χ1) is 6.90. The summed E-state index contributed by atoms with van der Waals surface area (Å²) < 4.78 is 37.4. The van der Waals surface area contributed by atoms with Crippen LogP contribution in [-0.4, -0.2) is 0 Å². The van der Waals surface area contributed by atoms with E-state index >= 15 is 0 Å². The Labute approximate surface area is 98.0 Å². The van der Waals surface area contributed by atoms with Gasteiger partial charge in [0.25, 0.3) is 0 Å². The van der Waals surface area contributed by atoms with Crippen molar-refractivity contribution in [1.82, 2.24) is 0 Å². The van der Waals surface area contributed by atoms with E-state index in [4.69, 9.17) is 11.0 Å². The second-order valence-electron chi connectivity index (χ2n) is 2.80. The number of benzene rings is 1. The highest BCUT2D eigenvalue weighted by molar-refractivity contribution is 14.1. The lowest BCUT2D eigenvalue weighted by Gasteiger charge is -2.11. The molecule has 0 aliphatic rings. The predicted molar refractivity (Wildman–Crippen MR) is 56.8 cm³/mol. The van der Waals surface area contributed by atoms with Crippen LogP contribution >= 0.6 is 22.6 Å². The number of nitriles is 1. The summed E-state index contributed by atoms with van der Waals surface area (Å²) in [6.45, 7) is -0.0805. The highest BCUT2D eigenvalue weighted by Gasteiger charge is 2.33. The number of hydrogen-bond donors (Lipinski definition) is 1. The summed E-state index contributed by atoms with van der Waals surface area (Å²) in [6.07, 6.45) is -4.41. The van der Waals surface area contributed by atoms with Crippen LogP contribution in [0.1, 0.15) is 16.7 Å². The zero-order valence-electron chi connectivity index (χ0n) is 7.40. The Hall–Kier alpha value is -0.810. The third-order valence-corrected chi connectivity index (χ3v) is 2.73. The molecule has 0 heterocycles. The molecule has 0 spiro atoms. The molecule has 0 saturated carbocycles. The summed E-state index contributed by atoms with van der Waals surface area (Å²) >= 11 is 1.56. The molecule has 0 aromatic heterocycles. The Morgan fingerprint density at radius 1 is 1.40 bits per heavy atom. The van der Waals surface area contributed by atoms with Crippen molar-refractivity contribution in [2.24, 2.45) is 5.73 Å². The van der Waals surface area contributed by atoms with Crippen LogP contribution in [0.2, 0.25) is 0 Å². The van der Waals surface area contributed by atoms with E-state index < -0.39 is 11.7 Å². The third kappa shape index (κ3) is 2.60. The van der Waals surface area contributed by atoms with Gasteiger partial charge < -0.3 is 5.73 Å². The van der Waals surface area contributed by atoms with Crippen LogP contribution in [0.15, 0.2) is 12.1 Å². The number of nitrogens with zero attached hydrogens (tertiary/aromatic N) is 1. The van der Waals surface area contributed by atoms with Gasteiger partial charge in [0.15, 0.2) is 0 Å². The molecule has 0 fully saturated rings. The van der Waals surface area contributed by atoms with Crippen LogP contribution in [0.3, 0.4) is 0 Å². The van der Waals surface area contributed by atoms with E-state index in [0.29, 0.717) is 0 Å². The zero-order chi connectivity index (χ0) is 11.6. The van der Waals surface area contributed by atoms with Crippen LogP contribution < -0.4 is 5.73 Å². The van der Waals surface area contributed by atoms with Gasteiger partial charge in [-0.1, -0.05) is 0 Å². The maximum atomic E-state index is 12.5. The molecular weight excluding hydrogens is 320 g/mol. The zero-order valence-corrected chi connectivity index (χ0v) is 9.56. The smallest absolute Gasteiger partial charge is 0.326 e. The Morgan fingerprint density at radius 3 is 2.40 bits per heavy atom. The molecule has 0 saturated heterocycles. The molecular formula is C9H6F3IN2. The molecule has 15 heavy (non-hydrogen) atoms. The second-order valence-corrected chi connectivity index (χ2v) is 3.97. The number of hydrogen-bond acceptors (Lipinski definition) is 2. The minimum Gasteiger partial charge on any atom is -0.326 e. The standard InChI is InChI=1S/C9H6F3IN2/c10-9(11,12)7-1-5(3-14)6(4-15)2-8(7)13/h1-2H,3,14H2. The highest BCUT2D eigenvalue weighted by Crippen LogP contribution is 2.34.